The molecule has 1 saturated carbocycles. The first-order valence-electron chi connectivity index (χ1n) is 8.33. The van der Waals surface area contributed by atoms with Gasteiger partial charge in [-0.25, -0.2) is 4.79 Å². The van der Waals surface area contributed by atoms with E-state index in [1.54, 1.807) is 4.90 Å². The highest BCUT2D eigenvalue weighted by Crippen LogP contribution is 2.33. The van der Waals surface area contributed by atoms with Crippen molar-refractivity contribution >= 4 is 6.09 Å². The summed E-state index contributed by atoms with van der Waals surface area (Å²) < 4.78 is 5.47. The maximum Gasteiger partial charge on any atom is 0.410 e. The van der Waals surface area contributed by atoms with Crippen molar-refractivity contribution in [3.05, 3.63) is 0 Å². The molecule has 0 radical (unpaired) electrons. The quantitative estimate of drug-likeness (QED) is 0.813. The normalized spacial score (nSPS) is 22.3. The number of carbonyl (C=O) groups excluding carboxylic acids is 1. The minimum atomic E-state index is -0.434. The SMILES string of the molecule is CC(C)C1CC(NCCN(C(=O)OC(C)(C)C)C(C)C)C1. The topological polar surface area (TPSA) is 41.6 Å². The molecule has 0 atom stereocenters. The van der Waals surface area contributed by atoms with Gasteiger partial charge in [0.05, 0.1) is 0 Å². The first-order chi connectivity index (χ1) is 9.60. The molecule has 0 bridgehead atoms. The first-order valence-corrected chi connectivity index (χ1v) is 8.33. The predicted octanol–water partition coefficient (Wildman–Crippen LogP) is 3.66. The van der Waals surface area contributed by atoms with Gasteiger partial charge in [0.2, 0.25) is 0 Å². The van der Waals surface area contributed by atoms with Crippen molar-refractivity contribution in [3.8, 4) is 0 Å². The minimum Gasteiger partial charge on any atom is -0.444 e. The number of carbonyl (C=O) groups is 1. The van der Waals surface area contributed by atoms with Gasteiger partial charge in [0.1, 0.15) is 5.60 Å². The molecule has 0 unspecified atom stereocenters. The summed E-state index contributed by atoms with van der Waals surface area (Å²) in [7, 11) is 0. The van der Waals surface area contributed by atoms with E-state index < -0.39 is 5.60 Å². The predicted molar refractivity (Wildman–Crippen MR) is 87.4 cm³/mol. The van der Waals surface area contributed by atoms with Crippen LogP contribution in [0.2, 0.25) is 0 Å². The molecule has 0 aromatic carbocycles. The molecule has 21 heavy (non-hydrogen) atoms. The third kappa shape index (κ3) is 6.25. The van der Waals surface area contributed by atoms with E-state index in [2.05, 4.69) is 19.2 Å². The lowest BCUT2D eigenvalue weighted by Gasteiger charge is -2.39. The lowest BCUT2D eigenvalue weighted by Crippen LogP contribution is -2.48. The fourth-order valence-electron chi connectivity index (χ4n) is 2.64. The second-order valence-electron chi connectivity index (χ2n) is 7.89. The van der Waals surface area contributed by atoms with E-state index >= 15 is 0 Å². The van der Waals surface area contributed by atoms with Gasteiger partial charge in [-0.1, -0.05) is 13.8 Å². The van der Waals surface area contributed by atoms with E-state index in [9.17, 15) is 4.79 Å². The summed E-state index contributed by atoms with van der Waals surface area (Å²) in [5.74, 6) is 1.66. The van der Waals surface area contributed by atoms with Crippen LogP contribution in [-0.2, 0) is 4.74 Å². The van der Waals surface area contributed by atoms with Crippen molar-refractivity contribution in [2.75, 3.05) is 13.1 Å². The molecule has 1 N–H and O–H groups in total. The van der Waals surface area contributed by atoms with E-state index in [1.807, 2.05) is 34.6 Å². The smallest absolute Gasteiger partial charge is 0.410 e. The van der Waals surface area contributed by atoms with Crippen molar-refractivity contribution in [1.82, 2.24) is 10.2 Å². The lowest BCUT2D eigenvalue weighted by molar-refractivity contribution is 0.0188. The Balaban J connectivity index is 2.31. The third-order valence-electron chi connectivity index (χ3n) is 4.15. The molecule has 1 aliphatic carbocycles. The number of ether oxygens (including phenoxy) is 1. The van der Waals surface area contributed by atoms with Gasteiger partial charge in [0.25, 0.3) is 0 Å². The van der Waals surface area contributed by atoms with Crippen LogP contribution in [0.15, 0.2) is 0 Å². The zero-order valence-electron chi connectivity index (χ0n) is 14.9. The number of nitrogens with one attached hydrogen (secondary N) is 1. The molecule has 1 fully saturated rings. The molecule has 4 nitrogen and oxygen atoms in total. The van der Waals surface area contributed by atoms with Gasteiger partial charge in [0, 0.05) is 25.2 Å². The van der Waals surface area contributed by atoms with Gasteiger partial charge in [-0.15, -0.1) is 0 Å². The molecule has 0 saturated heterocycles. The van der Waals surface area contributed by atoms with Gasteiger partial charge in [-0.3, -0.25) is 0 Å². The van der Waals surface area contributed by atoms with Crippen molar-refractivity contribution in [2.24, 2.45) is 11.8 Å². The van der Waals surface area contributed by atoms with Gasteiger partial charge < -0.3 is 15.0 Å². The summed E-state index contributed by atoms with van der Waals surface area (Å²) in [6, 6.07) is 0.788. The third-order valence-corrected chi connectivity index (χ3v) is 4.15. The summed E-state index contributed by atoms with van der Waals surface area (Å²) in [5.41, 5.74) is -0.434. The van der Waals surface area contributed by atoms with Crippen LogP contribution in [0, 0.1) is 11.8 Å². The monoisotopic (exact) mass is 298 g/mol. The molecule has 0 spiro atoms. The van der Waals surface area contributed by atoms with Crippen molar-refractivity contribution in [3.63, 3.8) is 0 Å². The van der Waals surface area contributed by atoms with Gasteiger partial charge in [0.15, 0.2) is 0 Å². The average molecular weight is 298 g/mol. The van der Waals surface area contributed by atoms with E-state index in [0.29, 0.717) is 12.6 Å². The number of amides is 1. The van der Waals surface area contributed by atoms with Crippen LogP contribution in [0.5, 0.6) is 0 Å². The van der Waals surface area contributed by atoms with Crippen LogP contribution in [0.1, 0.15) is 61.3 Å². The number of nitrogens with zero attached hydrogens (tertiary/aromatic N) is 1. The van der Waals surface area contributed by atoms with Crippen LogP contribution in [-0.4, -0.2) is 41.8 Å². The van der Waals surface area contributed by atoms with E-state index in [-0.39, 0.29) is 12.1 Å². The van der Waals surface area contributed by atoms with E-state index in [0.717, 1.165) is 18.4 Å². The summed E-state index contributed by atoms with van der Waals surface area (Å²) in [6.45, 7) is 15.9. The molecule has 1 amide bonds. The largest absolute Gasteiger partial charge is 0.444 e. The Bertz CT molecular complexity index is 328. The minimum absolute atomic E-state index is 0.159. The van der Waals surface area contributed by atoms with Crippen LogP contribution in [0.3, 0.4) is 0 Å². The van der Waals surface area contributed by atoms with Crippen molar-refractivity contribution in [1.29, 1.82) is 0 Å². The second-order valence-corrected chi connectivity index (χ2v) is 7.89. The molecule has 124 valence electrons. The Kier molecular flexibility index (Phi) is 6.51. The molecule has 1 aliphatic rings. The van der Waals surface area contributed by atoms with Crippen LogP contribution >= 0.6 is 0 Å². The number of hydrogen-bond acceptors (Lipinski definition) is 3. The van der Waals surface area contributed by atoms with Gasteiger partial charge in [-0.2, -0.15) is 0 Å². The Morgan fingerprint density at radius 3 is 2.24 bits per heavy atom. The average Bonchev–Trinajstić information content (AvgIpc) is 2.22. The Labute approximate surface area is 130 Å². The fourth-order valence-corrected chi connectivity index (χ4v) is 2.64. The number of rotatable bonds is 6. The molecule has 0 aliphatic heterocycles. The zero-order chi connectivity index (χ0) is 16.2. The first kappa shape index (κ1) is 18.3. The van der Waals surface area contributed by atoms with Crippen LogP contribution < -0.4 is 5.32 Å². The van der Waals surface area contributed by atoms with Gasteiger partial charge >= 0.3 is 6.09 Å². The highest BCUT2D eigenvalue weighted by molar-refractivity contribution is 5.68. The highest BCUT2D eigenvalue weighted by atomic mass is 16.6. The molecule has 0 aromatic rings. The van der Waals surface area contributed by atoms with Gasteiger partial charge in [-0.05, 0) is 59.3 Å². The van der Waals surface area contributed by atoms with Crippen LogP contribution in [0.4, 0.5) is 4.79 Å². The van der Waals surface area contributed by atoms with E-state index in [1.165, 1.54) is 12.8 Å². The zero-order valence-corrected chi connectivity index (χ0v) is 14.9. The molecular weight excluding hydrogens is 264 g/mol. The molecule has 0 heterocycles. The number of hydrogen-bond donors (Lipinski definition) is 1. The lowest BCUT2D eigenvalue weighted by atomic mass is 9.74. The fraction of sp³-hybridized carbons (Fsp3) is 0.941. The van der Waals surface area contributed by atoms with Crippen molar-refractivity contribution < 1.29 is 9.53 Å². The molecule has 4 heteroatoms. The standard InChI is InChI=1S/C17H34N2O2/c1-12(2)14-10-15(11-14)18-8-9-19(13(3)4)16(20)21-17(5,6)7/h12-15,18H,8-11H2,1-7H3. The molecule has 1 rings (SSSR count). The second kappa shape index (κ2) is 7.48. The summed E-state index contributed by atoms with van der Waals surface area (Å²) in [5, 5.41) is 3.56. The Morgan fingerprint density at radius 1 is 1.24 bits per heavy atom. The summed E-state index contributed by atoms with van der Waals surface area (Å²) in [4.78, 5) is 14.0. The Hall–Kier alpha value is -0.770. The summed E-state index contributed by atoms with van der Waals surface area (Å²) >= 11 is 0. The molecular formula is C17H34N2O2. The Morgan fingerprint density at radius 2 is 1.81 bits per heavy atom. The summed E-state index contributed by atoms with van der Waals surface area (Å²) in [6.07, 6.45) is 2.32. The maximum absolute atomic E-state index is 12.2. The molecule has 0 aromatic heterocycles. The van der Waals surface area contributed by atoms with E-state index in [4.69, 9.17) is 4.74 Å². The van der Waals surface area contributed by atoms with Crippen LogP contribution in [0.25, 0.3) is 0 Å². The highest BCUT2D eigenvalue weighted by Gasteiger charge is 2.31. The maximum atomic E-state index is 12.2. The van der Waals surface area contributed by atoms with Crippen molar-refractivity contribution in [2.45, 2.75) is 79.0 Å².